The van der Waals surface area contributed by atoms with E-state index >= 15 is 0 Å². The van der Waals surface area contributed by atoms with Gasteiger partial charge in [0.2, 0.25) is 5.91 Å². The van der Waals surface area contributed by atoms with E-state index in [1.807, 2.05) is 6.07 Å². The van der Waals surface area contributed by atoms with Crippen molar-refractivity contribution in [3.05, 3.63) is 18.2 Å². The number of hydrazine groups is 1. The number of methoxy groups -OCH3 is 2. The summed E-state index contributed by atoms with van der Waals surface area (Å²) < 4.78 is 10.3. The summed E-state index contributed by atoms with van der Waals surface area (Å²) in [6.45, 7) is 0.674. The molecule has 1 N–H and O–H groups in total. The quantitative estimate of drug-likeness (QED) is 0.827. The minimum atomic E-state index is 0.0622. The average molecular weight is 222 g/mol. The van der Waals surface area contributed by atoms with Crippen molar-refractivity contribution >= 4 is 11.6 Å². The number of carbonyl (C=O) groups excluding carboxylic acids is 1. The Labute approximate surface area is 93.9 Å². The SMILES string of the molecule is COc1ccc(N2NCCC2=O)cc1OC. The Morgan fingerprint density at radius 2 is 2.00 bits per heavy atom. The van der Waals surface area contributed by atoms with Crippen LogP contribution in [0.4, 0.5) is 5.69 Å². The first-order valence-electron chi connectivity index (χ1n) is 5.04. The first-order chi connectivity index (χ1) is 7.76. The maximum Gasteiger partial charge on any atom is 0.242 e. The largest absolute Gasteiger partial charge is 0.493 e. The fourth-order valence-electron chi connectivity index (χ4n) is 1.67. The van der Waals surface area contributed by atoms with Gasteiger partial charge < -0.3 is 9.47 Å². The molecule has 0 radical (unpaired) electrons. The van der Waals surface area contributed by atoms with Gasteiger partial charge in [-0.2, -0.15) is 0 Å². The van der Waals surface area contributed by atoms with Crippen molar-refractivity contribution < 1.29 is 14.3 Å². The van der Waals surface area contributed by atoms with Crippen LogP contribution in [-0.2, 0) is 4.79 Å². The summed E-state index contributed by atoms with van der Waals surface area (Å²) >= 11 is 0. The molecule has 1 aliphatic heterocycles. The van der Waals surface area contributed by atoms with Crippen molar-refractivity contribution in [2.45, 2.75) is 6.42 Å². The van der Waals surface area contributed by atoms with E-state index in [4.69, 9.17) is 9.47 Å². The van der Waals surface area contributed by atoms with Gasteiger partial charge in [0.1, 0.15) is 0 Å². The highest BCUT2D eigenvalue weighted by molar-refractivity contribution is 5.94. The molecule has 1 heterocycles. The van der Waals surface area contributed by atoms with Crippen LogP contribution in [0, 0.1) is 0 Å². The van der Waals surface area contributed by atoms with Crippen molar-refractivity contribution in [2.24, 2.45) is 0 Å². The summed E-state index contributed by atoms with van der Waals surface area (Å²) in [5.74, 6) is 1.33. The highest BCUT2D eigenvalue weighted by Crippen LogP contribution is 2.31. The van der Waals surface area contributed by atoms with E-state index in [0.29, 0.717) is 24.5 Å². The van der Waals surface area contributed by atoms with E-state index in [2.05, 4.69) is 5.43 Å². The van der Waals surface area contributed by atoms with Crippen molar-refractivity contribution in [1.29, 1.82) is 0 Å². The molecular weight excluding hydrogens is 208 g/mol. The standard InChI is InChI=1S/C11H14N2O3/c1-15-9-4-3-8(7-10(9)16-2)13-11(14)5-6-12-13/h3-4,7,12H,5-6H2,1-2H3. The molecule has 0 spiro atoms. The number of hydrogen-bond acceptors (Lipinski definition) is 4. The zero-order valence-electron chi connectivity index (χ0n) is 9.32. The third-order valence-corrected chi connectivity index (χ3v) is 2.48. The Morgan fingerprint density at radius 3 is 2.56 bits per heavy atom. The van der Waals surface area contributed by atoms with Crippen molar-refractivity contribution in [3.8, 4) is 11.5 Å². The van der Waals surface area contributed by atoms with Gasteiger partial charge >= 0.3 is 0 Å². The number of benzene rings is 1. The van der Waals surface area contributed by atoms with Crippen LogP contribution < -0.4 is 19.9 Å². The minimum absolute atomic E-state index is 0.0622. The number of ether oxygens (including phenoxy) is 2. The lowest BCUT2D eigenvalue weighted by Gasteiger charge is -2.17. The Bertz CT molecular complexity index is 406. The monoisotopic (exact) mass is 222 g/mol. The molecule has 1 amide bonds. The van der Waals surface area contributed by atoms with Crippen molar-refractivity contribution in [2.75, 3.05) is 25.8 Å². The number of nitrogens with one attached hydrogen (secondary N) is 1. The number of carbonyl (C=O) groups is 1. The maximum atomic E-state index is 11.5. The van der Waals surface area contributed by atoms with Gasteiger partial charge in [0.15, 0.2) is 11.5 Å². The molecule has 1 fully saturated rings. The second kappa shape index (κ2) is 4.40. The Hall–Kier alpha value is -1.75. The Kier molecular flexibility index (Phi) is 2.96. The number of amides is 1. The predicted molar refractivity (Wildman–Crippen MR) is 59.7 cm³/mol. The van der Waals surface area contributed by atoms with E-state index in [-0.39, 0.29) is 5.91 Å². The molecule has 1 saturated heterocycles. The molecule has 1 aromatic carbocycles. The normalized spacial score (nSPS) is 15.4. The van der Waals surface area contributed by atoms with E-state index in [1.165, 1.54) is 5.01 Å². The molecule has 5 nitrogen and oxygen atoms in total. The summed E-state index contributed by atoms with van der Waals surface area (Å²) in [4.78, 5) is 11.5. The third kappa shape index (κ3) is 1.81. The van der Waals surface area contributed by atoms with E-state index in [1.54, 1.807) is 26.4 Å². The van der Waals surface area contributed by atoms with Crippen LogP contribution in [0.5, 0.6) is 11.5 Å². The predicted octanol–water partition coefficient (Wildman–Crippen LogP) is 0.945. The van der Waals surface area contributed by atoms with Gasteiger partial charge in [-0.05, 0) is 12.1 Å². The van der Waals surface area contributed by atoms with Gasteiger partial charge in [0, 0.05) is 19.0 Å². The molecule has 16 heavy (non-hydrogen) atoms. The van der Waals surface area contributed by atoms with Crippen molar-refractivity contribution in [3.63, 3.8) is 0 Å². The molecule has 0 aromatic heterocycles. The molecule has 0 unspecified atom stereocenters. The molecule has 1 aromatic rings. The van der Waals surface area contributed by atoms with Crippen molar-refractivity contribution in [1.82, 2.24) is 5.43 Å². The van der Waals surface area contributed by atoms with Gasteiger partial charge in [-0.3, -0.25) is 4.79 Å². The second-order valence-corrected chi connectivity index (χ2v) is 3.43. The second-order valence-electron chi connectivity index (χ2n) is 3.43. The highest BCUT2D eigenvalue weighted by atomic mass is 16.5. The molecule has 5 heteroatoms. The molecule has 0 bridgehead atoms. The number of nitrogens with zero attached hydrogens (tertiary/aromatic N) is 1. The van der Waals surface area contributed by atoms with Crippen LogP contribution in [-0.4, -0.2) is 26.7 Å². The summed E-state index contributed by atoms with van der Waals surface area (Å²) in [6, 6.07) is 5.37. The Morgan fingerprint density at radius 1 is 1.25 bits per heavy atom. The lowest BCUT2D eigenvalue weighted by Crippen LogP contribution is -2.33. The number of anilines is 1. The Balaban J connectivity index is 2.32. The smallest absolute Gasteiger partial charge is 0.242 e. The van der Waals surface area contributed by atoms with E-state index in [0.717, 1.165) is 5.69 Å². The summed E-state index contributed by atoms with van der Waals surface area (Å²) in [5.41, 5.74) is 3.76. The molecule has 0 aliphatic carbocycles. The maximum absolute atomic E-state index is 11.5. The van der Waals surface area contributed by atoms with Gasteiger partial charge in [0.25, 0.3) is 0 Å². The lowest BCUT2D eigenvalue weighted by atomic mass is 10.2. The molecule has 86 valence electrons. The van der Waals surface area contributed by atoms with Gasteiger partial charge in [-0.1, -0.05) is 0 Å². The topological polar surface area (TPSA) is 50.8 Å². The van der Waals surface area contributed by atoms with Crippen LogP contribution in [0.25, 0.3) is 0 Å². The average Bonchev–Trinajstić information content (AvgIpc) is 2.74. The van der Waals surface area contributed by atoms with Crippen LogP contribution in [0.15, 0.2) is 18.2 Å². The fourth-order valence-corrected chi connectivity index (χ4v) is 1.67. The molecule has 1 aliphatic rings. The molecular formula is C11H14N2O3. The molecule has 2 rings (SSSR count). The minimum Gasteiger partial charge on any atom is -0.493 e. The van der Waals surface area contributed by atoms with Crippen LogP contribution in [0.1, 0.15) is 6.42 Å². The van der Waals surface area contributed by atoms with Crippen LogP contribution >= 0.6 is 0 Å². The summed E-state index contributed by atoms with van der Waals surface area (Å²) in [5, 5.41) is 1.53. The molecule has 0 atom stereocenters. The fraction of sp³-hybridized carbons (Fsp3) is 0.364. The lowest BCUT2D eigenvalue weighted by molar-refractivity contribution is -0.117. The number of hydrogen-bond donors (Lipinski definition) is 1. The molecule has 0 saturated carbocycles. The van der Waals surface area contributed by atoms with Gasteiger partial charge in [0.05, 0.1) is 19.9 Å². The first kappa shape index (κ1) is 10.8. The van der Waals surface area contributed by atoms with Crippen LogP contribution in [0.3, 0.4) is 0 Å². The van der Waals surface area contributed by atoms with E-state index in [9.17, 15) is 4.79 Å². The first-order valence-corrected chi connectivity index (χ1v) is 5.04. The third-order valence-electron chi connectivity index (χ3n) is 2.48. The zero-order chi connectivity index (χ0) is 11.5. The summed E-state index contributed by atoms with van der Waals surface area (Å²) in [7, 11) is 3.15. The van der Waals surface area contributed by atoms with Crippen LogP contribution in [0.2, 0.25) is 0 Å². The zero-order valence-corrected chi connectivity index (χ0v) is 9.32. The van der Waals surface area contributed by atoms with Gasteiger partial charge in [-0.15, -0.1) is 0 Å². The summed E-state index contributed by atoms with van der Waals surface area (Å²) in [6.07, 6.45) is 0.522. The number of rotatable bonds is 3. The highest BCUT2D eigenvalue weighted by Gasteiger charge is 2.22. The van der Waals surface area contributed by atoms with E-state index < -0.39 is 0 Å². The van der Waals surface area contributed by atoms with Gasteiger partial charge in [-0.25, -0.2) is 10.4 Å².